The zero-order valence-corrected chi connectivity index (χ0v) is 21.9. The summed E-state index contributed by atoms with van der Waals surface area (Å²) in [6.07, 6.45) is 0. The molecule has 0 bridgehead atoms. The highest BCUT2D eigenvalue weighted by Crippen LogP contribution is 2.46. The minimum Gasteiger partial charge on any atom is -0.454 e. The number of nitrogens with zero attached hydrogens (tertiary/aromatic N) is 1. The largest absolute Gasteiger partial charge is 0.454 e. The van der Waals surface area contributed by atoms with Crippen molar-refractivity contribution in [2.75, 3.05) is 0 Å². The summed E-state index contributed by atoms with van der Waals surface area (Å²) in [5, 5.41) is 10.8. The van der Waals surface area contributed by atoms with Crippen molar-refractivity contribution in [1.29, 1.82) is 5.26 Å². The van der Waals surface area contributed by atoms with Crippen LogP contribution < -0.4 is 0 Å². The molecule has 0 radical (unpaired) electrons. The van der Waals surface area contributed by atoms with Crippen molar-refractivity contribution in [2.45, 2.75) is 4.90 Å². The number of rotatable bonds is 5. The van der Waals surface area contributed by atoms with Crippen LogP contribution in [-0.4, -0.2) is 5.12 Å². The van der Waals surface area contributed by atoms with E-state index in [-0.39, 0.29) is 5.12 Å². The van der Waals surface area contributed by atoms with E-state index in [1.807, 2.05) is 78.9 Å². The summed E-state index contributed by atoms with van der Waals surface area (Å²) in [6.45, 7) is 0. The molecule has 0 amide bonds. The summed E-state index contributed by atoms with van der Waals surface area (Å²) < 4.78 is 7.35. The Morgan fingerprint density at radius 3 is 2.14 bits per heavy atom. The van der Waals surface area contributed by atoms with E-state index in [4.69, 9.17) is 16.0 Å². The molecular weight excluding hydrogens is 554 g/mol. The van der Waals surface area contributed by atoms with Crippen LogP contribution in [0.3, 0.4) is 0 Å². The van der Waals surface area contributed by atoms with Crippen molar-refractivity contribution in [3.63, 3.8) is 0 Å². The van der Waals surface area contributed by atoms with Crippen LogP contribution in [0.15, 0.2) is 117 Å². The molecule has 0 fully saturated rings. The first-order valence-corrected chi connectivity index (χ1v) is 13.0. The first-order valence-electron chi connectivity index (χ1n) is 11.0. The zero-order valence-electron chi connectivity index (χ0n) is 18.7. The molecule has 0 aliphatic heterocycles. The molecule has 0 saturated heterocycles. The van der Waals surface area contributed by atoms with Crippen molar-refractivity contribution in [3.8, 4) is 39.8 Å². The van der Waals surface area contributed by atoms with Gasteiger partial charge in [-0.2, -0.15) is 5.26 Å². The van der Waals surface area contributed by atoms with Gasteiger partial charge in [0.1, 0.15) is 17.4 Å². The molecule has 36 heavy (non-hydrogen) atoms. The maximum absolute atomic E-state index is 13.1. The van der Waals surface area contributed by atoms with E-state index < -0.39 is 0 Å². The fourth-order valence-electron chi connectivity index (χ4n) is 3.90. The number of halogens is 2. The lowest BCUT2D eigenvalue weighted by Crippen LogP contribution is -1.94. The van der Waals surface area contributed by atoms with Crippen LogP contribution in [-0.2, 0) is 0 Å². The normalized spacial score (nSPS) is 10.7. The smallest absolute Gasteiger partial charge is 0.224 e. The number of carbonyl (C=O) groups excluding carboxylic acids is 1. The summed E-state index contributed by atoms with van der Waals surface area (Å²) in [4.78, 5) is 13.8. The number of hydrogen-bond donors (Lipinski definition) is 0. The molecule has 0 saturated carbocycles. The molecule has 174 valence electrons. The molecule has 0 N–H and O–H groups in total. The van der Waals surface area contributed by atoms with Crippen LogP contribution in [0, 0.1) is 11.3 Å². The maximum atomic E-state index is 13.1. The lowest BCUT2D eigenvalue weighted by Gasteiger charge is -2.10. The number of benzene rings is 4. The third kappa shape index (κ3) is 4.89. The van der Waals surface area contributed by atoms with Crippen molar-refractivity contribution in [2.24, 2.45) is 0 Å². The lowest BCUT2D eigenvalue weighted by molar-refractivity contribution is 0.108. The predicted octanol–water partition coefficient (Wildman–Crippen LogP) is 9.50. The van der Waals surface area contributed by atoms with Gasteiger partial charge in [0.15, 0.2) is 5.76 Å². The molecule has 0 aliphatic carbocycles. The van der Waals surface area contributed by atoms with Crippen molar-refractivity contribution < 1.29 is 9.21 Å². The molecule has 0 unspecified atom stereocenters. The topological polar surface area (TPSA) is 54.0 Å². The lowest BCUT2D eigenvalue weighted by atomic mass is 9.96. The quantitative estimate of drug-likeness (QED) is 0.197. The van der Waals surface area contributed by atoms with Gasteiger partial charge in [-0.25, -0.2) is 0 Å². The van der Waals surface area contributed by atoms with Gasteiger partial charge >= 0.3 is 0 Å². The minimum absolute atomic E-state index is 0.116. The van der Waals surface area contributed by atoms with Gasteiger partial charge in [-0.05, 0) is 54.2 Å². The molecule has 5 rings (SSSR count). The zero-order chi connectivity index (χ0) is 25.1. The number of furan rings is 1. The third-order valence-electron chi connectivity index (χ3n) is 5.60. The van der Waals surface area contributed by atoms with E-state index in [1.165, 1.54) is 0 Å². The first-order chi connectivity index (χ1) is 17.5. The Kier molecular flexibility index (Phi) is 7.11. The molecular formula is C30H17BrClNO2S. The molecule has 1 aromatic heterocycles. The summed E-state index contributed by atoms with van der Waals surface area (Å²) >= 11 is 10.6. The number of hydrogen-bond acceptors (Lipinski definition) is 4. The standard InChI is InChI=1S/C30H17BrClNO2S/c31-22-14-10-20(11-15-22)29-27(25(18-33)28(35-29)19-6-2-1-3-7-19)24-8-4-5-9-26(24)36-30(34)21-12-16-23(32)17-13-21/h1-17H. The molecule has 0 aliphatic rings. The summed E-state index contributed by atoms with van der Waals surface area (Å²) in [5.74, 6) is 1.07. The van der Waals surface area contributed by atoms with Crippen LogP contribution in [0.4, 0.5) is 0 Å². The second-order valence-corrected chi connectivity index (χ2v) is 10.3. The average molecular weight is 571 g/mol. The Labute approximate surface area is 226 Å². The van der Waals surface area contributed by atoms with Gasteiger partial charge in [0.2, 0.25) is 5.12 Å². The summed E-state index contributed by atoms with van der Waals surface area (Å²) in [7, 11) is 0. The fraction of sp³-hybridized carbons (Fsp3) is 0. The molecule has 6 heteroatoms. The highest BCUT2D eigenvalue weighted by atomic mass is 79.9. The molecule has 0 atom stereocenters. The van der Waals surface area contributed by atoms with E-state index >= 15 is 0 Å². The van der Waals surface area contributed by atoms with Gasteiger partial charge < -0.3 is 4.42 Å². The molecule has 1 heterocycles. The van der Waals surface area contributed by atoms with Gasteiger partial charge in [-0.3, -0.25) is 4.79 Å². The third-order valence-corrected chi connectivity index (χ3v) is 7.38. The van der Waals surface area contributed by atoms with E-state index in [2.05, 4.69) is 22.0 Å². The van der Waals surface area contributed by atoms with Crippen LogP contribution in [0.5, 0.6) is 0 Å². The predicted molar refractivity (Wildman–Crippen MR) is 149 cm³/mol. The molecule has 5 aromatic rings. The van der Waals surface area contributed by atoms with Crippen molar-refractivity contribution >= 4 is 44.4 Å². The minimum atomic E-state index is -0.116. The molecule has 4 aromatic carbocycles. The Morgan fingerprint density at radius 2 is 1.44 bits per heavy atom. The first kappa shape index (κ1) is 24.1. The van der Waals surface area contributed by atoms with Crippen LogP contribution in [0.1, 0.15) is 15.9 Å². The highest BCUT2D eigenvalue weighted by molar-refractivity contribution is 9.10. The Balaban J connectivity index is 1.69. The monoisotopic (exact) mass is 569 g/mol. The molecule has 0 spiro atoms. The summed E-state index contributed by atoms with van der Waals surface area (Å²) in [6, 6.07) is 34.1. The van der Waals surface area contributed by atoms with E-state index in [9.17, 15) is 10.1 Å². The Hall–Kier alpha value is -3.56. The van der Waals surface area contributed by atoms with Crippen molar-refractivity contribution in [1.82, 2.24) is 0 Å². The summed E-state index contributed by atoms with van der Waals surface area (Å²) in [5.41, 5.74) is 4.02. The van der Waals surface area contributed by atoms with Gasteiger partial charge in [0.25, 0.3) is 0 Å². The van der Waals surface area contributed by atoms with Crippen molar-refractivity contribution in [3.05, 3.63) is 124 Å². The van der Waals surface area contributed by atoms with Gasteiger partial charge in [0, 0.05) is 42.2 Å². The Morgan fingerprint density at radius 1 is 0.806 bits per heavy atom. The second-order valence-electron chi connectivity index (χ2n) is 7.89. The van der Waals surface area contributed by atoms with E-state index in [0.717, 1.165) is 37.8 Å². The van der Waals surface area contributed by atoms with Gasteiger partial charge in [0.05, 0.1) is 0 Å². The van der Waals surface area contributed by atoms with Crippen LogP contribution in [0.25, 0.3) is 33.8 Å². The average Bonchev–Trinajstić information content (AvgIpc) is 3.30. The second kappa shape index (κ2) is 10.6. The van der Waals surface area contributed by atoms with E-state index in [1.54, 1.807) is 24.3 Å². The Bertz CT molecular complexity index is 1590. The van der Waals surface area contributed by atoms with Gasteiger partial charge in [-0.1, -0.05) is 88.2 Å². The number of thioether (sulfide) groups is 1. The number of nitriles is 1. The van der Waals surface area contributed by atoms with E-state index in [0.29, 0.717) is 33.2 Å². The van der Waals surface area contributed by atoms with Gasteiger partial charge in [-0.15, -0.1) is 0 Å². The highest BCUT2D eigenvalue weighted by Gasteiger charge is 2.26. The fourth-order valence-corrected chi connectivity index (χ4v) is 5.17. The number of carbonyl (C=O) groups is 1. The van der Waals surface area contributed by atoms with Crippen LogP contribution >= 0.6 is 39.3 Å². The SMILES string of the molecule is N#Cc1c(-c2ccccc2)oc(-c2ccc(Br)cc2)c1-c1ccccc1SC(=O)c1ccc(Cl)cc1. The maximum Gasteiger partial charge on any atom is 0.224 e. The molecule has 3 nitrogen and oxygen atoms in total. The van der Waals surface area contributed by atoms with Crippen LogP contribution in [0.2, 0.25) is 5.02 Å².